The maximum Gasteiger partial charge on any atom is 0.353 e. The summed E-state index contributed by atoms with van der Waals surface area (Å²) in [6.45, 7) is 7.04. The number of ether oxygens (including phenoxy) is 3. The third-order valence-electron chi connectivity index (χ3n) is 5.76. The highest BCUT2D eigenvalue weighted by atomic mass is 16.6. The Hall–Kier alpha value is -2.49. The minimum atomic E-state index is -0.531. The zero-order valence-electron chi connectivity index (χ0n) is 18.5. The van der Waals surface area contributed by atoms with Crippen LogP contribution < -0.4 is 14.2 Å². The summed E-state index contributed by atoms with van der Waals surface area (Å²) >= 11 is 0. The number of carbonyl (C=O) groups is 1. The summed E-state index contributed by atoms with van der Waals surface area (Å²) in [5.41, 5.74) is 2.03. The van der Waals surface area contributed by atoms with Crippen molar-refractivity contribution in [2.24, 2.45) is 5.92 Å². The van der Waals surface area contributed by atoms with E-state index in [1.54, 1.807) is 0 Å². The molecule has 0 amide bonds. The van der Waals surface area contributed by atoms with Gasteiger partial charge in [-0.3, -0.25) is 0 Å². The number of rotatable bonds is 11. The van der Waals surface area contributed by atoms with Crippen molar-refractivity contribution in [3.8, 4) is 28.4 Å². The van der Waals surface area contributed by atoms with Gasteiger partial charge in [-0.25, -0.2) is 4.79 Å². The van der Waals surface area contributed by atoms with E-state index in [9.17, 15) is 4.79 Å². The highest BCUT2D eigenvalue weighted by Gasteiger charge is 2.33. The van der Waals surface area contributed by atoms with E-state index in [2.05, 4.69) is 6.92 Å². The van der Waals surface area contributed by atoms with E-state index in [1.165, 1.54) is 32.1 Å². The average Bonchev–Trinajstić information content (AvgIpc) is 2.77. The van der Waals surface area contributed by atoms with E-state index >= 15 is 0 Å². The second-order valence-corrected chi connectivity index (χ2v) is 8.15. The van der Waals surface area contributed by atoms with Crippen LogP contribution in [0.5, 0.6) is 17.2 Å². The molecule has 30 heavy (non-hydrogen) atoms. The molecule has 4 heteroatoms. The molecule has 0 aliphatic carbocycles. The van der Waals surface area contributed by atoms with Gasteiger partial charge in [0, 0.05) is 5.92 Å². The number of benzene rings is 2. The molecule has 0 saturated heterocycles. The minimum absolute atomic E-state index is 0.120. The van der Waals surface area contributed by atoms with E-state index in [1.807, 2.05) is 56.3 Å². The number of esters is 1. The van der Waals surface area contributed by atoms with Gasteiger partial charge in [-0.15, -0.1) is 0 Å². The molecule has 1 aliphatic heterocycles. The van der Waals surface area contributed by atoms with E-state index < -0.39 is 6.10 Å². The number of fused-ring (bicyclic) bond motifs is 1. The lowest BCUT2D eigenvalue weighted by Gasteiger charge is -2.28. The topological polar surface area (TPSA) is 44.8 Å². The maximum absolute atomic E-state index is 12.3. The van der Waals surface area contributed by atoms with E-state index in [0.29, 0.717) is 11.5 Å². The van der Waals surface area contributed by atoms with Crippen LogP contribution in [0, 0.1) is 5.92 Å². The van der Waals surface area contributed by atoms with Crippen LogP contribution in [0.3, 0.4) is 0 Å². The third kappa shape index (κ3) is 5.78. The standard InChI is InChI=1S/C26H34O4/c1-4-6-7-8-9-10-17-28-22-14-11-20(12-15-22)21-13-16-23-24(18-21)30-26(27)25(29-23)19(3)5-2/h11-16,18-19,25H,4-10,17H2,1-3H3/t19-,25+/m0/s1. The van der Waals surface area contributed by atoms with Gasteiger partial charge >= 0.3 is 5.97 Å². The molecule has 0 unspecified atom stereocenters. The largest absolute Gasteiger partial charge is 0.494 e. The molecule has 4 nitrogen and oxygen atoms in total. The van der Waals surface area contributed by atoms with Crippen LogP contribution in [-0.4, -0.2) is 18.7 Å². The van der Waals surface area contributed by atoms with Gasteiger partial charge < -0.3 is 14.2 Å². The van der Waals surface area contributed by atoms with Gasteiger partial charge in [0.25, 0.3) is 0 Å². The first kappa shape index (κ1) is 22.2. The SMILES string of the molecule is CCCCCCCCOc1ccc(-c2ccc3c(c2)OC(=O)[C@@H]([C@@H](C)CC)O3)cc1. The van der Waals surface area contributed by atoms with E-state index in [0.717, 1.165) is 36.3 Å². The van der Waals surface area contributed by atoms with Crippen molar-refractivity contribution in [3.05, 3.63) is 42.5 Å². The predicted octanol–water partition coefficient (Wildman–Crippen LogP) is 6.81. The molecule has 2 aromatic rings. The number of hydrogen-bond acceptors (Lipinski definition) is 4. The molecule has 0 N–H and O–H groups in total. The molecule has 162 valence electrons. The molecule has 0 aromatic heterocycles. The first-order chi connectivity index (χ1) is 14.6. The van der Waals surface area contributed by atoms with Crippen molar-refractivity contribution >= 4 is 5.97 Å². The second kappa shape index (κ2) is 11.1. The zero-order valence-corrected chi connectivity index (χ0v) is 18.5. The van der Waals surface area contributed by atoms with Crippen LogP contribution >= 0.6 is 0 Å². The molecule has 2 aromatic carbocycles. The first-order valence-corrected chi connectivity index (χ1v) is 11.4. The first-order valence-electron chi connectivity index (χ1n) is 11.4. The summed E-state index contributed by atoms with van der Waals surface area (Å²) < 4.78 is 17.3. The summed E-state index contributed by atoms with van der Waals surface area (Å²) in [6, 6.07) is 13.8. The molecular formula is C26H34O4. The normalized spacial score (nSPS) is 16.4. The summed E-state index contributed by atoms with van der Waals surface area (Å²) in [7, 11) is 0. The lowest BCUT2D eigenvalue weighted by molar-refractivity contribution is -0.147. The maximum atomic E-state index is 12.3. The summed E-state index contributed by atoms with van der Waals surface area (Å²) in [4.78, 5) is 12.3. The fraction of sp³-hybridized carbons (Fsp3) is 0.500. The van der Waals surface area contributed by atoms with Gasteiger partial charge in [0.15, 0.2) is 17.6 Å². The molecule has 0 radical (unpaired) electrons. The Balaban J connectivity index is 1.56. The van der Waals surface area contributed by atoms with Crippen LogP contribution in [0.15, 0.2) is 42.5 Å². The summed E-state index contributed by atoms with van der Waals surface area (Å²) in [5.74, 6) is 1.81. The lowest BCUT2D eigenvalue weighted by Crippen LogP contribution is -2.39. The second-order valence-electron chi connectivity index (χ2n) is 8.15. The van der Waals surface area contributed by atoms with Gasteiger partial charge in [-0.05, 0) is 48.2 Å². The van der Waals surface area contributed by atoms with E-state index in [4.69, 9.17) is 14.2 Å². The highest BCUT2D eigenvalue weighted by Crippen LogP contribution is 2.38. The fourth-order valence-corrected chi connectivity index (χ4v) is 3.59. The Bertz CT molecular complexity index is 812. The Morgan fingerprint density at radius 2 is 1.60 bits per heavy atom. The Morgan fingerprint density at radius 1 is 0.900 bits per heavy atom. The van der Waals surface area contributed by atoms with E-state index in [-0.39, 0.29) is 11.9 Å². The van der Waals surface area contributed by atoms with Crippen molar-refractivity contribution in [2.45, 2.75) is 71.8 Å². The van der Waals surface area contributed by atoms with Crippen molar-refractivity contribution in [1.29, 1.82) is 0 Å². The van der Waals surface area contributed by atoms with Crippen molar-refractivity contribution < 1.29 is 19.0 Å². The lowest BCUT2D eigenvalue weighted by atomic mass is 10.0. The van der Waals surface area contributed by atoms with Crippen LogP contribution in [0.4, 0.5) is 0 Å². The molecule has 0 spiro atoms. The molecule has 3 rings (SSSR count). The number of hydrogen-bond donors (Lipinski definition) is 0. The molecule has 2 atom stereocenters. The zero-order chi connectivity index (χ0) is 21.3. The van der Waals surface area contributed by atoms with Crippen molar-refractivity contribution in [3.63, 3.8) is 0 Å². The molecule has 0 saturated carbocycles. The average molecular weight is 411 g/mol. The number of unbranched alkanes of at least 4 members (excludes halogenated alkanes) is 5. The van der Waals surface area contributed by atoms with Crippen LogP contribution in [0.1, 0.15) is 65.7 Å². The Morgan fingerprint density at radius 3 is 2.33 bits per heavy atom. The number of carbonyl (C=O) groups excluding carboxylic acids is 1. The molecule has 0 bridgehead atoms. The third-order valence-corrected chi connectivity index (χ3v) is 5.76. The molecule has 0 fully saturated rings. The summed E-state index contributed by atoms with van der Waals surface area (Å²) in [5, 5.41) is 0. The molecule has 1 heterocycles. The molecule has 1 aliphatic rings. The highest BCUT2D eigenvalue weighted by molar-refractivity contribution is 5.81. The van der Waals surface area contributed by atoms with Gasteiger partial charge in [0.05, 0.1) is 6.61 Å². The summed E-state index contributed by atoms with van der Waals surface area (Å²) in [6.07, 6.45) is 7.88. The van der Waals surface area contributed by atoms with Crippen LogP contribution in [0.2, 0.25) is 0 Å². The Labute approximate surface area is 180 Å². The van der Waals surface area contributed by atoms with Crippen molar-refractivity contribution in [2.75, 3.05) is 6.61 Å². The minimum Gasteiger partial charge on any atom is -0.494 e. The monoisotopic (exact) mass is 410 g/mol. The quantitative estimate of drug-likeness (QED) is 0.232. The van der Waals surface area contributed by atoms with Gasteiger partial charge in [0.1, 0.15) is 5.75 Å². The van der Waals surface area contributed by atoms with Crippen molar-refractivity contribution in [1.82, 2.24) is 0 Å². The van der Waals surface area contributed by atoms with Crippen LogP contribution in [0.25, 0.3) is 11.1 Å². The van der Waals surface area contributed by atoms with Gasteiger partial charge in [-0.1, -0.05) is 71.1 Å². The Kier molecular flexibility index (Phi) is 8.18. The predicted molar refractivity (Wildman–Crippen MR) is 120 cm³/mol. The smallest absolute Gasteiger partial charge is 0.353 e. The van der Waals surface area contributed by atoms with Gasteiger partial charge in [-0.2, -0.15) is 0 Å². The molecular weight excluding hydrogens is 376 g/mol. The van der Waals surface area contributed by atoms with Gasteiger partial charge in [0.2, 0.25) is 0 Å². The fourth-order valence-electron chi connectivity index (χ4n) is 3.59. The van der Waals surface area contributed by atoms with Crippen LogP contribution in [-0.2, 0) is 4.79 Å².